The summed E-state index contributed by atoms with van der Waals surface area (Å²) in [7, 11) is 2.91. The predicted molar refractivity (Wildman–Crippen MR) is 100 cm³/mol. The summed E-state index contributed by atoms with van der Waals surface area (Å²) in [5.74, 6) is 0.471. The fourth-order valence-corrected chi connectivity index (χ4v) is 2.75. The van der Waals surface area contributed by atoms with Gasteiger partial charge in [0, 0.05) is 6.07 Å². The van der Waals surface area contributed by atoms with Crippen molar-refractivity contribution in [3.8, 4) is 23.0 Å². The Balaban J connectivity index is 1.56. The number of fused-ring (bicyclic) bond motifs is 1. The van der Waals surface area contributed by atoms with Crippen LogP contribution in [0.4, 0.5) is 5.69 Å². The molecule has 0 radical (unpaired) electrons. The van der Waals surface area contributed by atoms with E-state index in [2.05, 4.69) is 5.32 Å². The Morgan fingerprint density at radius 3 is 2.57 bits per heavy atom. The fourth-order valence-electron chi connectivity index (χ4n) is 2.51. The highest BCUT2D eigenvalue weighted by atomic mass is 35.5. The van der Waals surface area contributed by atoms with Crippen LogP contribution in [0.15, 0.2) is 36.4 Å². The number of carbonyl (C=O) groups excluding carboxylic acids is 2. The zero-order valence-corrected chi connectivity index (χ0v) is 15.9. The largest absolute Gasteiger partial charge is 0.495 e. The molecule has 0 saturated carbocycles. The van der Waals surface area contributed by atoms with E-state index in [4.69, 9.17) is 35.3 Å². The lowest BCUT2D eigenvalue weighted by molar-refractivity contribution is -0.156. The van der Waals surface area contributed by atoms with Crippen molar-refractivity contribution in [1.29, 1.82) is 0 Å². The van der Waals surface area contributed by atoms with Crippen LogP contribution in [0.3, 0.4) is 0 Å². The molecule has 28 heavy (non-hydrogen) atoms. The summed E-state index contributed by atoms with van der Waals surface area (Å²) in [6, 6.07) is 9.99. The number of hydrogen-bond acceptors (Lipinski definition) is 7. The van der Waals surface area contributed by atoms with Gasteiger partial charge in [0.2, 0.25) is 6.10 Å². The maximum atomic E-state index is 12.2. The quantitative estimate of drug-likeness (QED) is 0.736. The van der Waals surface area contributed by atoms with Crippen molar-refractivity contribution in [2.24, 2.45) is 0 Å². The Hall–Kier alpha value is -3.13. The summed E-state index contributed by atoms with van der Waals surface area (Å²) >= 11 is 6.06. The van der Waals surface area contributed by atoms with E-state index in [1.54, 1.807) is 24.3 Å². The van der Waals surface area contributed by atoms with Gasteiger partial charge in [-0.15, -0.1) is 0 Å². The first-order valence-corrected chi connectivity index (χ1v) is 8.66. The fraction of sp³-hybridized carbons (Fsp3) is 0.263. The third-order valence-electron chi connectivity index (χ3n) is 3.87. The van der Waals surface area contributed by atoms with Crippen molar-refractivity contribution < 1.29 is 33.3 Å². The number of ether oxygens (including phenoxy) is 5. The van der Waals surface area contributed by atoms with Gasteiger partial charge in [0.1, 0.15) is 18.1 Å². The normalized spacial score (nSPS) is 14.8. The van der Waals surface area contributed by atoms with Crippen LogP contribution in [0, 0.1) is 0 Å². The molecule has 2 aromatic rings. The molecule has 148 valence electrons. The molecule has 1 heterocycles. The number of anilines is 1. The molecule has 0 unspecified atom stereocenters. The zero-order chi connectivity index (χ0) is 20.1. The molecular formula is C19H18ClNO7. The molecule has 1 aliphatic heterocycles. The van der Waals surface area contributed by atoms with Crippen LogP contribution in [0.1, 0.15) is 0 Å². The summed E-state index contributed by atoms with van der Waals surface area (Å²) in [4.78, 5) is 24.3. The first-order chi connectivity index (χ1) is 13.5. The molecule has 0 spiro atoms. The first-order valence-electron chi connectivity index (χ1n) is 8.28. The summed E-state index contributed by atoms with van der Waals surface area (Å²) in [6.45, 7) is -0.507. The molecule has 1 atom stereocenters. The number of rotatable bonds is 6. The molecule has 1 N–H and O–H groups in total. The maximum Gasteiger partial charge on any atom is 0.351 e. The highest BCUT2D eigenvalue weighted by molar-refractivity contribution is 6.32. The van der Waals surface area contributed by atoms with E-state index in [1.165, 1.54) is 26.4 Å². The Morgan fingerprint density at radius 1 is 1.14 bits per heavy atom. The van der Waals surface area contributed by atoms with Gasteiger partial charge in [0.25, 0.3) is 5.91 Å². The van der Waals surface area contributed by atoms with Crippen LogP contribution in [0.25, 0.3) is 0 Å². The number of nitrogens with one attached hydrogen (secondary N) is 1. The lowest BCUT2D eigenvalue weighted by Crippen LogP contribution is -2.39. The van der Waals surface area contributed by atoms with E-state index in [0.29, 0.717) is 33.7 Å². The lowest BCUT2D eigenvalue weighted by Gasteiger charge is -2.24. The second-order valence-corrected chi connectivity index (χ2v) is 6.11. The smallest absolute Gasteiger partial charge is 0.351 e. The van der Waals surface area contributed by atoms with Gasteiger partial charge in [-0.1, -0.05) is 23.7 Å². The molecule has 0 fully saturated rings. The number of hydrogen-bond donors (Lipinski definition) is 1. The number of benzene rings is 2. The van der Waals surface area contributed by atoms with Crippen molar-refractivity contribution in [2.45, 2.75) is 6.10 Å². The van der Waals surface area contributed by atoms with Crippen molar-refractivity contribution in [3.05, 3.63) is 41.4 Å². The van der Waals surface area contributed by atoms with Gasteiger partial charge in [-0.05, 0) is 18.2 Å². The molecule has 8 nitrogen and oxygen atoms in total. The van der Waals surface area contributed by atoms with Crippen LogP contribution in [0.2, 0.25) is 5.02 Å². The van der Waals surface area contributed by atoms with E-state index < -0.39 is 24.6 Å². The predicted octanol–water partition coefficient (Wildman–Crippen LogP) is 2.68. The topological polar surface area (TPSA) is 92.3 Å². The molecular weight excluding hydrogens is 390 g/mol. The van der Waals surface area contributed by atoms with Crippen LogP contribution in [-0.2, 0) is 14.3 Å². The third-order valence-corrected chi connectivity index (χ3v) is 4.16. The monoisotopic (exact) mass is 407 g/mol. The minimum absolute atomic E-state index is 0.000619. The molecule has 1 amide bonds. The van der Waals surface area contributed by atoms with Crippen molar-refractivity contribution in [3.63, 3.8) is 0 Å². The Labute approximate surface area is 166 Å². The highest BCUT2D eigenvalue weighted by Gasteiger charge is 2.29. The minimum atomic E-state index is -0.951. The minimum Gasteiger partial charge on any atom is -0.495 e. The second-order valence-electron chi connectivity index (χ2n) is 5.71. The van der Waals surface area contributed by atoms with E-state index in [0.717, 1.165) is 0 Å². The number of amides is 1. The van der Waals surface area contributed by atoms with Crippen molar-refractivity contribution in [2.75, 3.05) is 32.8 Å². The molecule has 0 aromatic heterocycles. The van der Waals surface area contributed by atoms with E-state index in [9.17, 15) is 9.59 Å². The lowest BCUT2D eigenvalue weighted by atomic mass is 10.2. The number of carbonyl (C=O) groups is 2. The third kappa shape index (κ3) is 4.40. The Morgan fingerprint density at radius 2 is 1.86 bits per heavy atom. The molecule has 0 bridgehead atoms. The van der Waals surface area contributed by atoms with Crippen LogP contribution in [-0.4, -0.2) is 45.4 Å². The summed E-state index contributed by atoms with van der Waals surface area (Å²) in [5, 5.41) is 2.87. The number of esters is 1. The van der Waals surface area contributed by atoms with E-state index >= 15 is 0 Å². The molecule has 3 rings (SSSR count). The summed E-state index contributed by atoms with van der Waals surface area (Å²) in [6.07, 6.45) is -0.951. The van der Waals surface area contributed by atoms with E-state index in [-0.39, 0.29) is 6.61 Å². The summed E-state index contributed by atoms with van der Waals surface area (Å²) < 4.78 is 26.3. The summed E-state index contributed by atoms with van der Waals surface area (Å²) in [5.41, 5.74) is 0.320. The average molecular weight is 408 g/mol. The maximum absolute atomic E-state index is 12.2. The van der Waals surface area contributed by atoms with Gasteiger partial charge in [-0.3, -0.25) is 4.79 Å². The molecule has 0 aliphatic carbocycles. The number of halogens is 1. The molecule has 9 heteroatoms. The number of para-hydroxylation sites is 2. The zero-order valence-electron chi connectivity index (χ0n) is 15.2. The van der Waals surface area contributed by atoms with Gasteiger partial charge in [0.05, 0.1) is 24.9 Å². The second kappa shape index (κ2) is 8.71. The number of methoxy groups -OCH3 is 2. The molecule has 1 aliphatic rings. The van der Waals surface area contributed by atoms with Gasteiger partial charge in [-0.25, -0.2) is 4.79 Å². The molecule has 0 saturated heterocycles. The Bertz CT molecular complexity index is 887. The van der Waals surface area contributed by atoms with Gasteiger partial charge in [0.15, 0.2) is 18.1 Å². The molecule has 2 aromatic carbocycles. The van der Waals surface area contributed by atoms with Crippen LogP contribution >= 0.6 is 11.6 Å². The van der Waals surface area contributed by atoms with Crippen molar-refractivity contribution in [1.82, 2.24) is 0 Å². The highest BCUT2D eigenvalue weighted by Crippen LogP contribution is 2.36. The first kappa shape index (κ1) is 19.6. The average Bonchev–Trinajstić information content (AvgIpc) is 2.71. The van der Waals surface area contributed by atoms with Gasteiger partial charge < -0.3 is 29.0 Å². The van der Waals surface area contributed by atoms with Crippen LogP contribution < -0.4 is 24.3 Å². The Kier molecular flexibility index (Phi) is 6.10. The standard InChI is InChI=1S/C19H18ClNO7/c1-24-15-8-16(25-2)12(7-11(15)20)21-18(22)10-27-19(23)17-9-26-13-5-3-4-6-14(13)28-17/h3-8,17H,9-10H2,1-2H3,(H,21,22)/t17-/m1/s1. The van der Waals surface area contributed by atoms with Crippen LogP contribution in [0.5, 0.6) is 23.0 Å². The van der Waals surface area contributed by atoms with Gasteiger partial charge >= 0.3 is 5.97 Å². The SMILES string of the molecule is COc1cc(OC)c(NC(=O)COC(=O)[C@H]2COc3ccccc3O2)cc1Cl. The van der Waals surface area contributed by atoms with Crippen molar-refractivity contribution >= 4 is 29.2 Å². The van der Waals surface area contributed by atoms with Gasteiger partial charge in [-0.2, -0.15) is 0 Å². The van der Waals surface area contributed by atoms with E-state index in [1.807, 2.05) is 0 Å².